The summed E-state index contributed by atoms with van der Waals surface area (Å²) < 4.78 is 0. The molecule has 2 atom stereocenters. The molecule has 1 aromatic carbocycles. The lowest BCUT2D eigenvalue weighted by molar-refractivity contribution is 0.199. The van der Waals surface area contributed by atoms with Gasteiger partial charge in [0.1, 0.15) is 0 Å². The Morgan fingerprint density at radius 2 is 2.11 bits per heavy atom. The van der Waals surface area contributed by atoms with Crippen LogP contribution in [0.5, 0.6) is 0 Å². The van der Waals surface area contributed by atoms with Gasteiger partial charge in [-0.25, -0.2) is 0 Å². The number of benzene rings is 1. The fourth-order valence-corrected chi connectivity index (χ4v) is 2.85. The van der Waals surface area contributed by atoms with Crippen LogP contribution in [0.1, 0.15) is 44.8 Å². The summed E-state index contributed by atoms with van der Waals surface area (Å²) >= 11 is 6.34. The van der Waals surface area contributed by atoms with E-state index in [1.165, 1.54) is 19.3 Å². The predicted molar refractivity (Wildman–Crippen MR) is 77.3 cm³/mol. The minimum absolute atomic E-state index is 0.458. The highest BCUT2D eigenvalue weighted by atomic mass is 35.5. The highest BCUT2D eigenvalue weighted by Gasteiger charge is 2.16. The molecule has 1 aliphatic heterocycles. The first kappa shape index (κ1) is 13.7. The smallest absolute Gasteiger partial charge is 0.0762 e. The van der Waals surface area contributed by atoms with Gasteiger partial charge in [-0.3, -0.25) is 0 Å². The van der Waals surface area contributed by atoms with E-state index < -0.39 is 6.10 Å². The molecule has 0 bridgehead atoms. The first-order valence-electron chi connectivity index (χ1n) is 6.80. The summed E-state index contributed by atoms with van der Waals surface area (Å²) in [6.45, 7) is 6.24. The van der Waals surface area contributed by atoms with Crippen LogP contribution in [-0.2, 0) is 0 Å². The molecule has 18 heavy (non-hydrogen) atoms. The molecule has 1 aliphatic rings. The molecule has 0 saturated carbocycles. The standard InChI is InChI=1S/C15H22ClNO/c1-11-4-3-8-17(9-7-11)15-6-5-13(12(2)18)10-14(15)16/h5-6,10-12,18H,3-4,7-9H2,1-2H3. The quantitative estimate of drug-likeness (QED) is 0.875. The Labute approximate surface area is 115 Å². The molecule has 2 nitrogen and oxygen atoms in total. The zero-order chi connectivity index (χ0) is 13.1. The summed E-state index contributed by atoms with van der Waals surface area (Å²) in [5, 5.41) is 10.3. The van der Waals surface area contributed by atoms with E-state index in [1.54, 1.807) is 6.92 Å². The van der Waals surface area contributed by atoms with Gasteiger partial charge in [0.25, 0.3) is 0 Å². The van der Waals surface area contributed by atoms with Gasteiger partial charge >= 0.3 is 0 Å². The number of aliphatic hydroxyl groups excluding tert-OH is 1. The van der Waals surface area contributed by atoms with Gasteiger partial charge in [-0.15, -0.1) is 0 Å². The predicted octanol–water partition coefficient (Wildman–Crippen LogP) is 4.02. The summed E-state index contributed by atoms with van der Waals surface area (Å²) in [4.78, 5) is 2.37. The molecule has 1 N–H and O–H groups in total. The normalized spacial score (nSPS) is 22.7. The molecule has 1 aromatic rings. The lowest BCUT2D eigenvalue weighted by Crippen LogP contribution is -2.24. The summed E-state index contributed by atoms with van der Waals surface area (Å²) in [6, 6.07) is 5.90. The van der Waals surface area contributed by atoms with Crippen LogP contribution in [0, 0.1) is 5.92 Å². The third-order valence-corrected chi connectivity index (χ3v) is 4.11. The number of rotatable bonds is 2. The number of hydrogen-bond acceptors (Lipinski definition) is 2. The molecule has 3 heteroatoms. The van der Waals surface area contributed by atoms with Crippen molar-refractivity contribution in [2.45, 2.75) is 39.2 Å². The Balaban J connectivity index is 2.17. The SMILES string of the molecule is CC1CCCN(c2ccc(C(C)O)cc2Cl)CC1. The molecule has 2 rings (SSSR count). The third kappa shape index (κ3) is 3.18. The molecule has 0 aromatic heterocycles. The van der Waals surface area contributed by atoms with Gasteiger partial charge in [0.15, 0.2) is 0 Å². The van der Waals surface area contributed by atoms with E-state index in [4.69, 9.17) is 11.6 Å². The molecule has 2 unspecified atom stereocenters. The van der Waals surface area contributed by atoms with Crippen molar-refractivity contribution in [1.82, 2.24) is 0 Å². The number of halogens is 1. The van der Waals surface area contributed by atoms with E-state index in [2.05, 4.69) is 11.8 Å². The Hall–Kier alpha value is -0.730. The summed E-state index contributed by atoms with van der Waals surface area (Å²) in [6.07, 6.45) is 3.31. The van der Waals surface area contributed by atoms with Gasteiger partial charge < -0.3 is 10.0 Å². The first-order valence-corrected chi connectivity index (χ1v) is 7.18. The fraction of sp³-hybridized carbons (Fsp3) is 0.600. The number of anilines is 1. The van der Waals surface area contributed by atoms with Gasteiger partial charge in [-0.05, 0) is 49.8 Å². The van der Waals surface area contributed by atoms with E-state index >= 15 is 0 Å². The van der Waals surface area contributed by atoms with E-state index in [-0.39, 0.29) is 0 Å². The van der Waals surface area contributed by atoms with Crippen LogP contribution in [0.2, 0.25) is 5.02 Å². The van der Waals surface area contributed by atoms with Crippen molar-refractivity contribution in [3.05, 3.63) is 28.8 Å². The molecule has 1 fully saturated rings. The Kier molecular flexibility index (Phi) is 4.52. The highest BCUT2D eigenvalue weighted by molar-refractivity contribution is 6.33. The van der Waals surface area contributed by atoms with E-state index in [0.717, 1.165) is 35.3 Å². The fourth-order valence-electron chi connectivity index (χ4n) is 2.54. The monoisotopic (exact) mass is 267 g/mol. The van der Waals surface area contributed by atoms with Gasteiger partial charge in [-0.1, -0.05) is 24.6 Å². The molecule has 0 spiro atoms. The largest absolute Gasteiger partial charge is 0.389 e. The van der Waals surface area contributed by atoms with E-state index in [0.29, 0.717) is 0 Å². The molecule has 100 valence electrons. The van der Waals surface area contributed by atoms with Crippen molar-refractivity contribution in [2.24, 2.45) is 5.92 Å². The lowest BCUT2D eigenvalue weighted by Gasteiger charge is -2.24. The van der Waals surface area contributed by atoms with Crippen LogP contribution in [-0.4, -0.2) is 18.2 Å². The topological polar surface area (TPSA) is 23.5 Å². The van der Waals surface area contributed by atoms with Crippen molar-refractivity contribution in [2.75, 3.05) is 18.0 Å². The maximum absolute atomic E-state index is 9.56. The van der Waals surface area contributed by atoms with Crippen LogP contribution in [0.25, 0.3) is 0 Å². The summed E-state index contributed by atoms with van der Waals surface area (Å²) in [7, 11) is 0. The zero-order valence-corrected chi connectivity index (χ0v) is 12.0. The van der Waals surface area contributed by atoms with Gasteiger partial charge in [0.2, 0.25) is 0 Å². The van der Waals surface area contributed by atoms with Crippen molar-refractivity contribution in [3.8, 4) is 0 Å². The Morgan fingerprint density at radius 3 is 2.78 bits per heavy atom. The molecule has 0 aliphatic carbocycles. The van der Waals surface area contributed by atoms with E-state index in [9.17, 15) is 5.11 Å². The lowest BCUT2D eigenvalue weighted by atomic mass is 10.0. The molecular weight excluding hydrogens is 246 g/mol. The second kappa shape index (κ2) is 5.94. The summed E-state index contributed by atoms with van der Waals surface area (Å²) in [5.41, 5.74) is 1.99. The average Bonchev–Trinajstić information content (AvgIpc) is 2.54. The van der Waals surface area contributed by atoms with Crippen molar-refractivity contribution in [3.63, 3.8) is 0 Å². The van der Waals surface area contributed by atoms with Gasteiger partial charge in [0.05, 0.1) is 16.8 Å². The van der Waals surface area contributed by atoms with Crippen LogP contribution < -0.4 is 4.90 Å². The molecule has 0 amide bonds. The third-order valence-electron chi connectivity index (χ3n) is 3.81. The second-order valence-corrected chi connectivity index (χ2v) is 5.82. The van der Waals surface area contributed by atoms with Crippen LogP contribution in [0.3, 0.4) is 0 Å². The van der Waals surface area contributed by atoms with Gasteiger partial charge in [-0.2, -0.15) is 0 Å². The molecule has 1 saturated heterocycles. The highest BCUT2D eigenvalue weighted by Crippen LogP contribution is 2.31. The second-order valence-electron chi connectivity index (χ2n) is 5.41. The van der Waals surface area contributed by atoms with Crippen LogP contribution in [0.15, 0.2) is 18.2 Å². The van der Waals surface area contributed by atoms with Crippen LogP contribution >= 0.6 is 11.6 Å². The molecular formula is C15H22ClNO. The van der Waals surface area contributed by atoms with Crippen molar-refractivity contribution in [1.29, 1.82) is 0 Å². The maximum atomic E-state index is 9.56. The molecule has 1 heterocycles. The van der Waals surface area contributed by atoms with E-state index in [1.807, 2.05) is 18.2 Å². The molecule has 0 radical (unpaired) electrons. The van der Waals surface area contributed by atoms with Crippen molar-refractivity contribution >= 4 is 17.3 Å². The zero-order valence-electron chi connectivity index (χ0n) is 11.2. The van der Waals surface area contributed by atoms with Gasteiger partial charge in [0, 0.05) is 13.1 Å². The first-order chi connectivity index (χ1) is 8.58. The minimum Gasteiger partial charge on any atom is -0.389 e. The van der Waals surface area contributed by atoms with Crippen LogP contribution in [0.4, 0.5) is 5.69 Å². The maximum Gasteiger partial charge on any atom is 0.0762 e. The Morgan fingerprint density at radius 1 is 1.33 bits per heavy atom. The Bertz CT molecular complexity index is 405. The number of aliphatic hydroxyl groups is 1. The average molecular weight is 268 g/mol. The minimum atomic E-state index is -0.458. The summed E-state index contributed by atoms with van der Waals surface area (Å²) in [5.74, 6) is 0.811. The number of nitrogens with zero attached hydrogens (tertiary/aromatic N) is 1. The van der Waals surface area contributed by atoms with Crippen molar-refractivity contribution < 1.29 is 5.11 Å². The number of hydrogen-bond donors (Lipinski definition) is 1.